The first-order valence-electron chi connectivity index (χ1n) is 8.16. The molecule has 0 radical (unpaired) electrons. The Morgan fingerprint density at radius 1 is 1.12 bits per heavy atom. The fraction of sp³-hybridized carbons (Fsp3) is 0.300. The predicted molar refractivity (Wildman–Crippen MR) is 102 cm³/mol. The molecule has 25 heavy (non-hydrogen) atoms. The van der Waals surface area contributed by atoms with Crippen molar-refractivity contribution in [2.24, 2.45) is 5.92 Å². The zero-order valence-corrected chi connectivity index (χ0v) is 16.2. The van der Waals surface area contributed by atoms with E-state index in [0.29, 0.717) is 12.0 Å². The second-order valence-corrected chi connectivity index (χ2v) is 7.15. The number of carbonyl (C=O) groups is 2. The third-order valence-electron chi connectivity index (χ3n) is 3.81. The van der Waals surface area contributed by atoms with E-state index >= 15 is 0 Å². The monoisotopic (exact) mass is 403 g/mol. The molecule has 0 heterocycles. The maximum absolute atomic E-state index is 12.8. The molecule has 132 valence electrons. The zero-order valence-electron chi connectivity index (χ0n) is 14.6. The quantitative estimate of drug-likeness (QED) is 0.725. The van der Waals surface area contributed by atoms with Gasteiger partial charge in [-0.2, -0.15) is 0 Å². The van der Waals surface area contributed by atoms with Gasteiger partial charge in [0.05, 0.1) is 7.11 Å². The van der Waals surface area contributed by atoms with Gasteiger partial charge in [0, 0.05) is 10.0 Å². The number of hydrogen-bond donors (Lipinski definition) is 1. The Labute approximate surface area is 156 Å². The number of amides is 1. The summed E-state index contributed by atoms with van der Waals surface area (Å²) in [6.45, 7) is 3.99. The molecule has 0 aliphatic carbocycles. The average molecular weight is 404 g/mol. The van der Waals surface area contributed by atoms with Crippen molar-refractivity contribution in [2.75, 3.05) is 7.11 Å². The van der Waals surface area contributed by atoms with Gasteiger partial charge in [0.25, 0.3) is 5.91 Å². The van der Waals surface area contributed by atoms with Crippen LogP contribution in [0.3, 0.4) is 0 Å². The molecule has 1 atom stereocenters. The highest BCUT2D eigenvalue weighted by Gasteiger charge is 2.24. The van der Waals surface area contributed by atoms with Crippen LogP contribution >= 0.6 is 15.9 Å². The number of methoxy groups -OCH3 is 1. The highest BCUT2D eigenvalue weighted by atomic mass is 79.9. The molecule has 2 aromatic carbocycles. The first kappa shape index (κ1) is 19.2. The van der Waals surface area contributed by atoms with Crippen LogP contribution in [0, 0.1) is 5.92 Å². The largest absolute Gasteiger partial charge is 0.467 e. The minimum Gasteiger partial charge on any atom is -0.467 e. The van der Waals surface area contributed by atoms with Gasteiger partial charge in [-0.1, -0.05) is 60.1 Å². The lowest BCUT2D eigenvalue weighted by Crippen LogP contribution is -2.42. The van der Waals surface area contributed by atoms with Crippen LogP contribution in [0.4, 0.5) is 0 Å². The van der Waals surface area contributed by atoms with Crippen molar-refractivity contribution in [3.63, 3.8) is 0 Å². The van der Waals surface area contributed by atoms with Crippen LogP contribution in [0.15, 0.2) is 53.0 Å². The van der Waals surface area contributed by atoms with E-state index in [-0.39, 0.29) is 11.8 Å². The van der Waals surface area contributed by atoms with Crippen LogP contribution in [0.1, 0.15) is 30.6 Å². The van der Waals surface area contributed by atoms with E-state index in [9.17, 15) is 9.59 Å². The number of rotatable bonds is 6. The van der Waals surface area contributed by atoms with Crippen LogP contribution in [0.5, 0.6) is 0 Å². The van der Waals surface area contributed by atoms with Crippen molar-refractivity contribution in [3.05, 3.63) is 58.6 Å². The number of nitrogens with one attached hydrogen (secondary N) is 1. The molecule has 0 bridgehead atoms. The summed E-state index contributed by atoms with van der Waals surface area (Å²) in [7, 11) is 1.33. The molecule has 0 unspecified atom stereocenters. The molecule has 0 aliphatic heterocycles. The van der Waals surface area contributed by atoms with Crippen LogP contribution in [-0.2, 0) is 9.53 Å². The van der Waals surface area contributed by atoms with Crippen molar-refractivity contribution in [2.45, 2.75) is 26.3 Å². The molecule has 4 nitrogen and oxygen atoms in total. The van der Waals surface area contributed by atoms with Crippen molar-refractivity contribution in [1.82, 2.24) is 5.32 Å². The molecule has 5 heteroatoms. The number of esters is 1. The summed E-state index contributed by atoms with van der Waals surface area (Å²) >= 11 is 3.45. The van der Waals surface area contributed by atoms with Gasteiger partial charge >= 0.3 is 5.97 Å². The van der Waals surface area contributed by atoms with Gasteiger partial charge in [-0.3, -0.25) is 4.79 Å². The normalized spacial score (nSPS) is 11.9. The van der Waals surface area contributed by atoms with E-state index in [1.165, 1.54) is 7.11 Å². The van der Waals surface area contributed by atoms with Crippen LogP contribution in [-0.4, -0.2) is 25.0 Å². The van der Waals surface area contributed by atoms with Crippen molar-refractivity contribution >= 4 is 27.8 Å². The number of carbonyl (C=O) groups excluding carboxylic acids is 2. The summed E-state index contributed by atoms with van der Waals surface area (Å²) in [5, 5.41) is 2.82. The number of hydrogen-bond acceptors (Lipinski definition) is 3. The number of halogens is 1. The topological polar surface area (TPSA) is 55.4 Å². The Balaban J connectivity index is 2.34. The van der Waals surface area contributed by atoms with Crippen LogP contribution in [0.25, 0.3) is 11.1 Å². The summed E-state index contributed by atoms with van der Waals surface area (Å²) in [5.74, 6) is -0.467. The first-order chi connectivity index (χ1) is 11.9. The Morgan fingerprint density at radius 3 is 2.40 bits per heavy atom. The summed E-state index contributed by atoms with van der Waals surface area (Å²) in [6, 6.07) is 14.5. The standard InChI is InChI=1S/C20H22BrNO3/c1-13(2)11-18(20(24)25-3)22-19(23)16-10-9-15(21)12-17(16)14-7-5-4-6-8-14/h4-10,12-13,18H,11H2,1-3H3,(H,22,23)/t18-/m0/s1. The van der Waals surface area contributed by atoms with Gasteiger partial charge in [0.1, 0.15) is 6.04 Å². The third kappa shape index (κ3) is 5.16. The lowest BCUT2D eigenvalue weighted by atomic mass is 9.98. The van der Waals surface area contributed by atoms with Gasteiger partial charge in [0.2, 0.25) is 0 Å². The Hall–Kier alpha value is -2.14. The maximum Gasteiger partial charge on any atom is 0.328 e. The molecule has 0 aliphatic rings. The highest BCUT2D eigenvalue weighted by molar-refractivity contribution is 9.10. The minimum absolute atomic E-state index is 0.253. The van der Waals surface area contributed by atoms with E-state index in [4.69, 9.17) is 4.74 Å². The second-order valence-electron chi connectivity index (χ2n) is 6.23. The summed E-state index contributed by atoms with van der Waals surface area (Å²) in [6.07, 6.45) is 0.523. The fourth-order valence-electron chi connectivity index (χ4n) is 2.63. The highest BCUT2D eigenvalue weighted by Crippen LogP contribution is 2.27. The minimum atomic E-state index is -0.662. The number of ether oxygens (including phenoxy) is 1. The van der Waals surface area contributed by atoms with Gasteiger partial charge in [-0.05, 0) is 41.7 Å². The molecule has 1 amide bonds. The first-order valence-corrected chi connectivity index (χ1v) is 8.95. The lowest BCUT2D eigenvalue weighted by Gasteiger charge is -2.19. The Bertz CT molecular complexity index is 744. The van der Waals surface area contributed by atoms with Gasteiger partial charge in [0.15, 0.2) is 0 Å². The summed E-state index contributed by atoms with van der Waals surface area (Å²) in [4.78, 5) is 24.8. The van der Waals surface area contributed by atoms with Crippen molar-refractivity contribution in [1.29, 1.82) is 0 Å². The van der Waals surface area contributed by atoms with Crippen LogP contribution in [0.2, 0.25) is 0 Å². The Kier molecular flexibility index (Phi) is 6.76. The molecule has 0 saturated heterocycles. The lowest BCUT2D eigenvalue weighted by molar-refractivity contribution is -0.143. The van der Waals surface area contributed by atoms with Crippen LogP contribution < -0.4 is 5.32 Å². The van der Waals surface area contributed by atoms with E-state index in [0.717, 1.165) is 15.6 Å². The summed E-state index contributed by atoms with van der Waals surface area (Å²) in [5.41, 5.74) is 2.26. The average Bonchev–Trinajstić information content (AvgIpc) is 2.60. The molecular weight excluding hydrogens is 382 g/mol. The van der Waals surface area contributed by atoms with Gasteiger partial charge in [-0.25, -0.2) is 4.79 Å². The molecular formula is C20H22BrNO3. The van der Waals surface area contributed by atoms with E-state index in [2.05, 4.69) is 21.2 Å². The Morgan fingerprint density at radius 2 is 1.80 bits per heavy atom. The van der Waals surface area contributed by atoms with Crippen molar-refractivity contribution < 1.29 is 14.3 Å². The molecule has 2 aromatic rings. The third-order valence-corrected chi connectivity index (χ3v) is 4.30. The molecule has 0 aromatic heterocycles. The van der Waals surface area contributed by atoms with Gasteiger partial charge < -0.3 is 10.1 Å². The predicted octanol–water partition coefficient (Wildman–Crippen LogP) is 4.43. The van der Waals surface area contributed by atoms with E-state index < -0.39 is 12.0 Å². The second kappa shape index (κ2) is 8.81. The molecule has 0 fully saturated rings. The molecule has 0 spiro atoms. The SMILES string of the molecule is COC(=O)[C@H](CC(C)C)NC(=O)c1ccc(Br)cc1-c1ccccc1. The van der Waals surface area contributed by atoms with E-state index in [1.807, 2.05) is 56.3 Å². The molecule has 2 rings (SSSR count). The zero-order chi connectivity index (χ0) is 18.4. The molecule has 0 saturated carbocycles. The fourth-order valence-corrected chi connectivity index (χ4v) is 3.00. The number of benzene rings is 2. The smallest absolute Gasteiger partial charge is 0.328 e. The molecule has 1 N–H and O–H groups in total. The van der Waals surface area contributed by atoms with Gasteiger partial charge in [-0.15, -0.1) is 0 Å². The van der Waals surface area contributed by atoms with Crippen molar-refractivity contribution in [3.8, 4) is 11.1 Å². The maximum atomic E-state index is 12.8. The van der Waals surface area contributed by atoms with E-state index in [1.54, 1.807) is 6.07 Å². The summed E-state index contributed by atoms with van der Waals surface area (Å²) < 4.78 is 5.71.